The van der Waals surface area contributed by atoms with Gasteiger partial charge in [-0.15, -0.1) is 0 Å². The Bertz CT molecular complexity index is 1120. The summed E-state index contributed by atoms with van der Waals surface area (Å²) in [6.07, 6.45) is 0. The fraction of sp³-hybridized carbons (Fsp3) is 0.300. The third-order valence-corrected chi connectivity index (χ3v) is 6.10. The van der Waals surface area contributed by atoms with E-state index in [0.717, 1.165) is 5.56 Å². The molecule has 0 saturated heterocycles. The normalized spacial score (nSPS) is 11.5. The highest BCUT2D eigenvalue weighted by Gasteiger charge is 2.21. The summed E-state index contributed by atoms with van der Waals surface area (Å²) in [4.78, 5) is 4.53. The molecule has 0 radical (unpaired) electrons. The van der Waals surface area contributed by atoms with Crippen molar-refractivity contribution < 1.29 is 22.4 Å². The summed E-state index contributed by atoms with van der Waals surface area (Å²) in [7, 11) is -0.642. The molecule has 0 saturated carbocycles. The van der Waals surface area contributed by atoms with Gasteiger partial charge in [-0.25, -0.2) is 13.1 Å². The van der Waals surface area contributed by atoms with Crippen molar-refractivity contribution in [1.82, 2.24) is 14.9 Å². The van der Waals surface area contributed by atoms with Crippen LogP contribution in [0.3, 0.4) is 0 Å². The monoisotopic (exact) mass is 417 g/mol. The maximum Gasteiger partial charge on any atom is 0.242 e. The molecule has 8 nitrogen and oxygen atoms in total. The third-order valence-electron chi connectivity index (χ3n) is 4.40. The van der Waals surface area contributed by atoms with E-state index < -0.39 is 10.0 Å². The van der Waals surface area contributed by atoms with E-state index in [1.807, 2.05) is 19.1 Å². The highest BCUT2D eigenvalue weighted by atomic mass is 32.2. The number of methoxy groups -OCH3 is 2. The largest absolute Gasteiger partial charge is 0.493 e. The SMILES string of the molecule is COc1ccc(-c2noc(CNS(=O)(=O)c3c(C)cc(C)cc3C)n2)cc1OC. The lowest BCUT2D eigenvalue weighted by Gasteiger charge is -2.12. The van der Waals surface area contributed by atoms with Crippen molar-refractivity contribution in [2.75, 3.05) is 14.2 Å². The summed E-state index contributed by atoms with van der Waals surface area (Å²) in [6, 6.07) is 8.89. The van der Waals surface area contributed by atoms with E-state index in [0.29, 0.717) is 34.0 Å². The Balaban J connectivity index is 1.79. The molecule has 1 aromatic heterocycles. The molecular weight excluding hydrogens is 394 g/mol. The van der Waals surface area contributed by atoms with Crippen LogP contribution in [0.25, 0.3) is 11.4 Å². The number of nitrogens with one attached hydrogen (secondary N) is 1. The molecule has 0 bridgehead atoms. The molecule has 29 heavy (non-hydrogen) atoms. The van der Waals surface area contributed by atoms with Crippen molar-refractivity contribution in [2.24, 2.45) is 0 Å². The zero-order valence-corrected chi connectivity index (χ0v) is 17.8. The van der Waals surface area contributed by atoms with Gasteiger partial charge in [-0.05, 0) is 50.1 Å². The lowest BCUT2D eigenvalue weighted by molar-refractivity contribution is 0.355. The number of aryl methyl sites for hydroxylation is 3. The van der Waals surface area contributed by atoms with Crippen LogP contribution in [0.15, 0.2) is 39.8 Å². The molecule has 9 heteroatoms. The van der Waals surface area contributed by atoms with Crippen molar-refractivity contribution in [2.45, 2.75) is 32.2 Å². The first-order valence-electron chi connectivity index (χ1n) is 8.87. The van der Waals surface area contributed by atoms with E-state index in [4.69, 9.17) is 14.0 Å². The Morgan fingerprint density at radius 3 is 2.28 bits per heavy atom. The minimum absolute atomic E-state index is 0.116. The van der Waals surface area contributed by atoms with Gasteiger partial charge in [-0.3, -0.25) is 0 Å². The Labute approximate surface area is 169 Å². The van der Waals surface area contributed by atoms with Gasteiger partial charge in [0, 0.05) is 5.56 Å². The van der Waals surface area contributed by atoms with Gasteiger partial charge >= 0.3 is 0 Å². The number of ether oxygens (including phenoxy) is 2. The molecule has 0 aliphatic rings. The fourth-order valence-corrected chi connectivity index (χ4v) is 4.66. The highest BCUT2D eigenvalue weighted by Crippen LogP contribution is 2.31. The highest BCUT2D eigenvalue weighted by molar-refractivity contribution is 7.89. The molecule has 0 fully saturated rings. The van der Waals surface area contributed by atoms with Crippen molar-refractivity contribution in [3.8, 4) is 22.9 Å². The van der Waals surface area contributed by atoms with Crippen LogP contribution in [-0.2, 0) is 16.6 Å². The number of sulfonamides is 1. The van der Waals surface area contributed by atoms with Crippen molar-refractivity contribution >= 4 is 10.0 Å². The Morgan fingerprint density at radius 1 is 1.00 bits per heavy atom. The first-order chi connectivity index (χ1) is 13.7. The number of hydrogen-bond donors (Lipinski definition) is 1. The van der Waals surface area contributed by atoms with Gasteiger partial charge in [-0.1, -0.05) is 22.9 Å². The van der Waals surface area contributed by atoms with Gasteiger partial charge in [0.2, 0.25) is 21.7 Å². The van der Waals surface area contributed by atoms with Crippen molar-refractivity contribution in [3.63, 3.8) is 0 Å². The first kappa shape index (κ1) is 20.8. The van der Waals surface area contributed by atoms with E-state index in [9.17, 15) is 8.42 Å². The van der Waals surface area contributed by atoms with Crippen LogP contribution in [-0.4, -0.2) is 32.8 Å². The minimum Gasteiger partial charge on any atom is -0.493 e. The van der Waals surface area contributed by atoms with E-state index in [2.05, 4.69) is 14.9 Å². The lowest BCUT2D eigenvalue weighted by Crippen LogP contribution is -2.25. The van der Waals surface area contributed by atoms with Crippen LogP contribution in [0.1, 0.15) is 22.6 Å². The quantitative estimate of drug-likeness (QED) is 0.630. The molecule has 0 amide bonds. The van der Waals surface area contributed by atoms with Crippen LogP contribution in [0.4, 0.5) is 0 Å². The topological polar surface area (TPSA) is 104 Å². The second kappa shape index (κ2) is 8.22. The van der Waals surface area contributed by atoms with Gasteiger partial charge in [0.05, 0.1) is 25.7 Å². The molecule has 0 spiro atoms. The predicted molar refractivity (Wildman–Crippen MR) is 108 cm³/mol. The molecule has 3 aromatic rings. The molecule has 1 heterocycles. The van der Waals surface area contributed by atoms with Gasteiger partial charge in [0.1, 0.15) is 0 Å². The number of aromatic nitrogens is 2. The molecule has 1 N–H and O–H groups in total. The van der Waals surface area contributed by atoms with E-state index in [-0.39, 0.29) is 17.3 Å². The Hall–Kier alpha value is -2.91. The molecular formula is C20H23N3O5S. The molecule has 0 atom stereocenters. The van der Waals surface area contributed by atoms with Crippen molar-refractivity contribution in [3.05, 3.63) is 52.9 Å². The lowest BCUT2D eigenvalue weighted by atomic mass is 10.1. The van der Waals surface area contributed by atoms with Crippen LogP contribution >= 0.6 is 0 Å². The summed E-state index contributed by atoms with van der Waals surface area (Å²) < 4.78 is 43.7. The molecule has 2 aromatic carbocycles. The summed E-state index contributed by atoms with van der Waals surface area (Å²) in [5.41, 5.74) is 3.04. The minimum atomic E-state index is -3.73. The molecule has 0 unspecified atom stereocenters. The van der Waals surface area contributed by atoms with E-state index in [1.54, 1.807) is 39.2 Å². The van der Waals surface area contributed by atoms with E-state index in [1.165, 1.54) is 7.11 Å². The maximum absolute atomic E-state index is 12.8. The number of hydrogen-bond acceptors (Lipinski definition) is 7. The second-order valence-electron chi connectivity index (χ2n) is 6.63. The van der Waals surface area contributed by atoms with Gasteiger partial charge < -0.3 is 14.0 Å². The number of rotatable bonds is 7. The molecule has 154 valence electrons. The summed E-state index contributed by atoms with van der Waals surface area (Å²) in [5, 5.41) is 3.92. The number of benzene rings is 2. The smallest absolute Gasteiger partial charge is 0.242 e. The predicted octanol–water partition coefficient (Wildman–Crippen LogP) is 3.16. The van der Waals surface area contributed by atoms with Crippen LogP contribution in [0.5, 0.6) is 11.5 Å². The molecule has 0 aliphatic heterocycles. The fourth-order valence-electron chi connectivity index (χ4n) is 3.24. The second-order valence-corrected chi connectivity index (χ2v) is 8.34. The average molecular weight is 417 g/mol. The zero-order chi connectivity index (χ0) is 21.2. The summed E-state index contributed by atoms with van der Waals surface area (Å²) in [5.74, 6) is 1.59. The average Bonchev–Trinajstić information content (AvgIpc) is 3.14. The van der Waals surface area contributed by atoms with Gasteiger partial charge in [0.25, 0.3) is 0 Å². The Morgan fingerprint density at radius 2 is 1.66 bits per heavy atom. The molecule has 3 rings (SSSR count). The van der Waals surface area contributed by atoms with Gasteiger partial charge in [-0.2, -0.15) is 4.98 Å². The molecule has 0 aliphatic carbocycles. The van der Waals surface area contributed by atoms with Crippen molar-refractivity contribution in [1.29, 1.82) is 0 Å². The zero-order valence-electron chi connectivity index (χ0n) is 16.9. The Kier molecular flexibility index (Phi) is 5.90. The first-order valence-corrected chi connectivity index (χ1v) is 10.4. The summed E-state index contributed by atoms with van der Waals surface area (Å²) in [6.45, 7) is 5.36. The summed E-state index contributed by atoms with van der Waals surface area (Å²) >= 11 is 0. The van der Waals surface area contributed by atoms with Crippen LogP contribution in [0, 0.1) is 20.8 Å². The number of nitrogens with zero attached hydrogens (tertiary/aromatic N) is 2. The van der Waals surface area contributed by atoms with E-state index >= 15 is 0 Å². The maximum atomic E-state index is 12.8. The third kappa shape index (κ3) is 4.41. The van der Waals surface area contributed by atoms with Crippen LogP contribution < -0.4 is 14.2 Å². The van der Waals surface area contributed by atoms with Crippen LogP contribution in [0.2, 0.25) is 0 Å². The van der Waals surface area contributed by atoms with Gasteiger partial charge in [0.15, 0.2) is 11.5 Å². The standard InChI is InChI=1S/C20H23N3O5S/c1-12-8-13(2)19(14(3)9-12)29(24,25)21-11-18-22-20(23-28-18)15-6-7-16(26-4)17(10-15)27-5/h6-10,21H,11H2,1-5H3.